The van der Waals surface area contributed by atoms with Crippen molar-refractivity contribution in [3.63, 3.8) is 0 Å². The van der Waals surface area contributed by atoms with Crippen molar-refractivity contribution in [1.29, 1.82) is 5.26 Å². The molecule has 0 unspecified atom stereocenters. The van der Waals surface area contributed by atoms with Crippen LogP contribution in [0.1, 0.15) is 13.8 Å². The molecule has 44 valence electrons. The lowest BCUT2D eigenvalue weighted by atomic mass is 10.1. The molecular formula is C4H6N2O2. The van der Waals surface area contributed by atoms with Crippen molar-refractivity contribution in [2.75, 3.05) is 0 Å². The lowest BCUT2D eigenvalue weighted by Crippen LogP contribution is -2.28. The van der Waals surface area contributed by atoms with E-state index in [1.54, 1.807) is 6.07 Å². The first-order valence-electron chi connectivity index (χ1n) is 2.06. The lowest BCUT2D eigenvalue weighted by molar-refractivity contribution is -0.542. The third kappa shape index (κ3) is 1.19. The fourth-order valence-corrected chi connectivity index (χ4v) is 0.0408. The highest BCUT2D eigenvalue weighted by atomic mass is 16.6. The highest BCUT2D eigenvalue weighted by Gasteiger charge is 2.29. The van der Waals surface area contributed by atoms with Gasteiger partial charge >= 0.3 is 0 Å². The minimum absolute atomic E-state index is 0.618. The Morgan fingerprint density at radius 3 is 2.12 bits per heavy atom. The van der Waals surface area contributed by atoms with Gasteiger partial charge in [-0.3, -0.25) is 10.1 Å². The second-order valence-electron chi connectivity index (χ2n) is 1.93. The normalized spacial score (nSPS) is 10.1. The van der Waals surface area contributed by atoms with Crippen LogP contribution in [0.4, 0.5) is 0 Å². The Morgan fingerprint density at radius 1 is 1.75 bits per heavy atom. The van der Waals surface area contributed by atoms with Crippen LogP contribution in [-0.4, -0.2) is 10.5 Å². The first kappa shape index (κ1) is 6.89. The van der Waals surface area contributed by atoms with Crippen molar-refractivity contribution in [2.45, 2.75) is 19.4 Å². The van der Waals surface area contributed by atoms with Crippen molar-refractivity contribution in [3.05, 3.63) is 10.1 Å². The maximum absolute atomic E-state index is 9.84. The molecule has 0 N–H and O–H groups in total. The minimum Gasteiger partial charge on any atom is -0.263 e. The van der Waals surface area contributed by atoms with E-state index in [0.717, 1.165) is 0 Å². The molecule has 0 atom stereocenters. The average Bonchev–Trinajstić information content (AvgIpc) is 1.67. The quantitative estimate of drug-likeness (QED) is 0.369. The Morgan fingerprint density at radius 2 is 2.12 bits per heavy atom. The third-order valence-electron chi connectivity index (χ3n) is 0.730. The number of nitro groups is 1. The summed E-state index contributed by atoms with van der Waals surface area (Å²) in [7, 11) is 0. The summed E-state index contributed by atoms with van der Waals surface area (Å²) in [6.07, 6.45) is 0. The average molecular weight is 114 g/mol. The van der Waals surface area contributed by atoms with Gasteiger partial charge in [-0.1, -0.05) is 0 Å². The lowest BCUT2D eigenvalue weighted by Gasteiger charge is -2.02. The number of nitrogens with zero attached hydrogens (tertiary/aromatic N) is 2. The zero-order valence-corrected chi connectivity index (χ0v) is 4.71. The van der Waals surface area contributed by atoms with E-state index in [1.807, 2.05) is 0 Å². The van der Waals surface area contributed by atoms with Gasteiger partial charge in [0.1, 0.15) is 6.07 Å². The van der Waals surface area contributed by atoms with Gasteiger partial charge in [-0.15, -0.1) is 0 Å². The van der Waals surface area contributed by atoms with Gasteiger partial charge in [0.05, 0.1) is 0 Å². The van der Waals surface area contributed by atoms with E-state index < -0.39 is 10.5 Å². The molecule has 0 aromatic carbocycles. The van der Waals surface area contributed by atoms with Crippen LogP contribution in [0, 0.1) is 21.4 Å². The molecule has 0 saturated heterocycles. The maximum Gasteiger partial charge on any atom is 0.300 e. The van der Waals surface area contributed by atoms with Gasteiger partial charge in [0, 0.05) is 18.8 Å². The Labute approximate surface area is 46.9 Å². The third-order valence-corrected chi connectivity index (χ3v) is 0.730. The molecule has 0 aromatic heterocycles. The Kier molecular flexibility index (Phi) is 1.53. The van der Waals surface area contributed by atoms with Crippen LogP contribution in [0.5, 0.6) is 0 Å². The van der Waals surface area contributed by atoms with Crippen LogP contribution in [-0.2, 0) is 0 Å². The van der Waals surface area contributed by atoms with E-state index >= 15 is 0 Å². The van der Waals surface area contributed by atoms with Crippen molar-refractivity contribution in [1.82, 2.24) is 0 Å². The van der Waals surface area contributed by atoms with Gasteiger partial charge in [0.2, 0.25) is 0 Å². The zero-order chi connectivity index (χ0) is 6.78. The van der Waals surface area contributed by atoms with Gasteiger partial charge in [-0.25, -0.2) is 0 Å². The first-order chi connectivity index (χ1) is 3.50. The molecule has 8 heavy (non-hydrogen) atoms. The summed E-state index contributed by atoms with van der Waals surface area (Å²) in [5.74, 6) is 0. The molecule has 0 bridgehead atoms. The van der Waals surface area contributed by atoms with Crippen molar-refractivity contribution in [3.8, 4) is 6.07 Å². The Hall–Kier alpha value is -1.11. The summed E-state index contributed by atoms with van der Waals surface area (Å²) in [6, 6.07) is 1.54. The Balaban J connectivity index is 4.19. The summed E-state index contributed by atoms with van der Waals surface area (Å²) >= 11 is 0. The molecule has 0 fully saturated rings. The van der Waals surface area contributed by atoms with Crippen LogP contribution in [0.15, 0.2) is 0 Å². The maximum atomic E-state index is 9.84. The van der Waals surface area contributed by atoms with E-state index in [0.29, 0.717) is 0 Å². The highest BCUT2D eigenvalue weighted by molar-refractivity contribution is 4.92. The second-order valence-corrected chi connectivity index (χ2v) is 1.93. The van der Waals surface area contributed by atoms with Crippen molar-refractivity contribution >= 4 is 0 Å². The van der Waals surface area contributed by atoms with Crippen LogP contribution in [0.25, 0.3) is 0 Å². The second kappa shape index (κ2) is 1.78. The molecule has 0 amide bonds. The SMILES string of the molecule is CC(C)(C#N)[N+](=O)[O-]. The summed E-state index contributed by atoms with van der Waals surface area (Å²) < 4.78 is 0. The number of nitriles is 1. The smallest absolute Gasteiger partial charge is 0.263 e. The molecule has 0 aromatic rings. The molecule has 4 nitrogen and oxygen atoms in total. The molecular weight excluding hydrogens is 108 g/mol. The first-order valence-corrected chi connectivity index (χ1v) is 2.06. The monoisotopic (exact) mass is 114 g/mol. The van der Waals surface area contributed by atoms with Crippen LogP contribution in [0.3, 0.4) is 0 Å². The molecule has 0 radical (unpaired) electrons. The standard InChI is InChI=1S/C4H6N2O2/c1-4(2,3-5)6(7)8/h1-2H3. The van der Waals surface area contributed by atoms with Crippen LogP contribution >= 0.6 is 0 Å². The van der Waals surface area contributed by atoms with Gasteiger partial charge in [0.15, 0.2) is 0 Å². The zero-order valence-electron chi connectivity index (χ0n) is 4.71. The Bertz CT molecular complexity index is 145. The number of hydrogen-bond acceptors (Lipinski definition) is 3. The van der Waals surface area contributed by atoms with Crippen LogP contribution in [0.2, 0.25) is 0 Å². The largest absolute Gasteiger partial charge is 0.300 e. The van der Waals surface area contributed by atoms with Crippen molar-refractivity contribution in [2.24, 2.45) is 0 Å². The predicted molar refractivity (Wildman–Crippen MR) is 26.7 cm³/mol. The van der Waals surface area contributed by atoms with E-state index in [-0.39, 0.29) is 0 Å². The van der Waals surface area contributed by atoms with Gasteiger partial charge in [0.25, 0.3) is 5.54 Å². The molecule has 0 spiro atoms. The molecule has 0 aliphatic rings. The summed E-state index contributed by atoms with van der Waals surface area (Å²) in [5, 5.41) is 17.9. The van der Waals surface area contributed by atoms with Crippen molar-refractivity contribution < 1.29 is 4.92 Å². The number of rotatable bonds is 1. The molecule has 0 rings (SSSR count). The number of hydrogen-bond donors (Lipinski definition) is 0. The highest BCUT2D eigenvalue weighted by Crippen LogP contribution is 2.02. The summed E-state index contributed by atoms with van der Waals surface area (Å²) in [6.45, 7) is 2.51. The fraction of sp³-hybridized carbons (Fsp3) is 0.750. The minimum atomic E-state index is -1.43. The summed E-state index contributed by atoms with van der Waals surface area (Å²) in [5.41, 5.74) is -1.43. The van der Waals surface area contributed by atoms with Crippen LogP contribution < -0.4 is 0 Å². The van der Waals surface area contributed by atoms with Gasteiger partial charge in [-0.2, -0.15) is 5.26 Å². The fourth-order valence-electron chi connectivity index (χ4n) is 0.0408. The van der Waals surface area contributed by atoms with E-state index in [1.165, 1.54) is 13.8 Å². The predicted octanol–water partition coefficient (Wildman–Crippen LogP) is 0.565. The molecule has 0 heterocycles. The molecule has 4 heteroatoms. The molecule has 0 saturated carbocycles. The summed E-state index contributed by atoms with van der Waals surface area (Å²) in [4.78, 5) is 9.22. The molecule has 0 aliphatic heterocycles. The van der Waals surface area contributed by atoms with E-state index in [2.05, 4.69) is 0 Å². The van der Waals surface area contributed by atoms with E-state index in [9.17, 15) is 10.1 Å². The molecule has 0 aliphatic carbocycles. The van der Waals surface area contributed by atoms with E-state index in [4.69, 9.17) is 5.26 Å². The van der Waals surface area contributed by atoms with Gasteiger partial charge < -0.3 is 0 Å². The van der Waals surface area contributed by atoms with Gasteiger partial charge in [-0.05, 0) is 0 Å². The topological polar surface area (TPSA) is 66.9 Å².